The van der Waals surface area contributed by atoms with Gasteiger partial charge in [-0.2, -0.15) is 23.4 Å². The number of nitrogens with zero attached hydrogens (tertiary/aromatic N) is 2. The molecule has 0 aromatic rings. The molecule has 0 radical (unpaired) electrons. The Morgan fingerprint density at radius 3 is 1.73 bits per heavy atom. The molecule has 11 heavy (non-hydrogen) atoms. The highest BCUT2D eigenvalue weighted by atomic mass is 19.4. The molecule has 0 atom stereocenters. The molecule has 0 bridgehead atoms. The maximum atomic E-state index is 11.7. The molecule has 0 aliphatic heterocycles. The van der Waals surface area contributed by atoms with Crippen LogP contribution in [-0.4, -0.2) is 17.6 Å². The highest BCUT2D eigenvalue weighted by molar-refractivity contribution is 5.88. The van der Waals surface area contributed by atoms with Gasteiger partial charge in [-0.1, -0.05) is 0 Å². The van der Waals surface area contributed by atoms with E-state index in [2.05, 4.69) is 10.2 Å². The summed E-state index contributed by atoms with van der Waals surface area (Å²) in [7, 11) is 0. The van der Waals surface area contributed by atoms with E-state index in [9.17, 15) is 13.2 Å². The Balaban J connectivity index is 4.36. The molecule has 0 aliphatic carbocycles. The van der Waals surface area contributed by atoms with Gasteiger partial charge in [-0.25, -0.2) is 0 Å². The first-order chi connectivity index (χ1) is 4.84. The summed E-state index contributed by atoms with van der Waals surface area (Å²) < 4.78 is 35.1. The van der Waals surface area contributed by atoms with Crippen LogP contribution in [0.25, 0.3) is 0 Å². The Bertz CT molecular complexity index is 186. The fourth-order valence-corrected chi connectivity index (χ4v) is 0.232. The van der Waals surface area contributed by atoms with Gasteiger partial charge >= 0.3 is 6.18 Å². The summed E-state index contributed by atoms with van der Waals surface area (Å²) in [5.41, 5.74) is -0.438. The maximum Gasteiger partial charge on any atom is 0.431 e. The average molecular weight is 166 g/mol. The van der Waals surface area contributed by atoms with E-state index >= 15 is 0 Å². The lowest BCUT2D eigenvalue weighted by Gasteiger charge is -2.01. The van der Waals surface area contributed by atoms with Crippen molar-refractivity contribution in [2.75, 3.05) is 0 Å². The summed E-state index contributed by atoms with van der Waals surface area (Å²) in [5, 5.41) is 6.25. The average Bonchev–Trinajstić information content (AvgIpc) is 1.80. The number of hydrogen-bond acceptors (Lipinski definition) is 2. The van der Waals surface area contributed by atoms with Gasteiger partial charge in [-0.15, -0.1) is 0 Å². The lowest BCUT2D eigenvalue weighted by Crippen LogP contribution is -2.18. The summed E-state index contributed by atoms with van der Waals surface area (Å²) in [6.07, 6.45) is -4.36. The molecule has 0 heterocycles. The first-order valence-corrected chi connectivity index (χ1v) is 2.96. The number of rotatable bonds is 1. The highest BCUT2D eigenvalue weighted by Gasteiger charge is 2.32. The predicted molar refractivity (Wildman–Crippen MR) is 37.9 cm³/mol. The molecule has 0 aromatic heterocycles. The monoisotopic (exact) mass is 166 g/mol. The van der Waals surface area contributed by atoms with Crippen LogP contribution in [0.3, 0.4) is 0 Å². The van der Waals surface area contributed by atoms with E-state index in [1.165, 1.54) is 0 Å². The molecule has 0 rings (SSSR count). The third kappa shape index (κ3) is 4.52. The molecule has 0 amide bonds. The van der Waals surface area contributed by atoms with Gasteiger partial charge in [0.25, 0.3) is 0 Å². The highest BCUT2D eigenvalue weighted by Crippen LogP contribution is 2.16. The fourth-order valence-electron chi connectivity index (χ4n) is 0.232. The van der Waals surface area contributed by atoms with E-state index in [0.717, 1.165) is 6.92 Å². The fraction of sp³-hybridized carbons (Fsp3) is 0.667. The minimum Gasteiger partial charge on any atom is -0.165 e. The minimum atomic E-state index is -4.36. The summed E-state index contributed by atoms with van der Waals surface area (Å²) in [6, 6.07) is 0. The van der Waals surface area contributed by atoms with Crippen LogP contribution >= 0.6 is 0 Å². The SMILES string of the molecule is CC(C)=N/N=C(\C)C(F)(F)F. The zero-order valence-corrected chi connectivity index (χ0v) is 6.53. The Hall–Kier alpha value is -0.870. The largest absolute Gasteiger partial charge is 0.431 e. The van der Waals surface area contributed by atoms with Crippen molar-refractivity contribution in [3.05, 3.63) is 0 Å². The molecule has 0 spiro atoms. The van der Waals surface area contributed by atoms with E-state index in [0.29, 0.717) is 5.71 Å². The molecule has 0 unspecified atom stereocenters. The molecule has 0 aromatic carbocycles. The van der Waals surface area contributed by atoms with E-state index in [-0.39, 0.29) is 0 Å². The van der Waals surface area contributed by atoms with Crippen LogP contribution in [0.4, 0.5) is 13.2 Å². The third-order valence-electron chi connectivity index (χ3n) is 0.810. The van der Waals surface area contributed by atoms with Crippen molar-refractivity contribution in [2.45, 2.75) is 26.9 Å². The third-order valence-corrected chi connectivity index (χ3v) is 0.810. The normalized spacial score (nSPS) is 13.1. The topological polar surface area (TPSA) is 24.7 Å². The lowest BCUT2D eigenvalue weighted by atomic mass is 10.4. The Labute approximate surface area is 62.8 Å². The van der Waals surface area contributed by atoms with Crippen molar-refractivity contribution >= 4 is 11.4 Å². The summed E-state index contributed by atoms with van der Waals surface area (Å²) in [5.74, 6) is 0. The molecule has 5 heteroatoms. The van der Waals surface area contributed by atoms with Crippen molar-refractivity contribution in [3.63, 3.8) is 0 Å². The first-order valence-electron chi connectivity index (χ1n) is 2.96. The van der Waals surface area contributed by atoms with Crippen LogP contribution in [-0.2, 0) is 0 Å². The second-order valence-electron chi connectivity index (χ2n) is 2.23. The van der Waals surface area contributed by atoms with Crippen LogP contribution < -0.4 is 0 Å². The van der Waals surface area contributed by atoms with Crippen LogP contribution in [0.15, 0.2) is 10.2 Å². The standard InChI is InChI=1S/C6H9F3N2/c1-4(2)10-11-5(3)6(7,8)9/h1-3H3/b11-5+. The molecule has 0 saturated carbocycles. The van der Waals surface area contributed by atoms with Crippen molar-refractivity contribution in [1.82, 2.24) is 0 Å². The van der Waals surface area contributed by atoms with Crippen molar-refractivity contribution in [2.24, 2.45) is 10.2 Å². The van der Waals surface area contributed by atoms with Crippen molar-refractivity contribution in [1.29, 1.82) is 0 Å². The maximum absolute atomic E-state index is 11.7. The molecule has 0 aliphatic rings. The van der Waals surface area contributed by atoms with Gasteiger partial charge in [-0.05, 0) is 20.8 Å². The zero-order valence-electron chi connectivity index (χ0n) is 6.53. The van der Waals surface area contributed by atoms with Gasteiger partial charge in [0.1, 0.15) is 5.71 Å². The number of alkyl halides is 3. The van der Waals surface area contributed by atoms with Crippen molar-refractivity contribution < 1.29 is 13.2 Å². The lowest BCUT2D eigenvalue weighted by molar-refractivity contribution is -0.0593. The van der Waals surface area contributed by atoms with Gasteiger partial charge in [-0.3, -0.25) is 0 Å². The van der Waals surface area contributed by atoms with E-state index in [1.807, 2.05) is 0 Å². The molecular weight excluding hydrogens is 157 g/mol. The summed E-state index contributed by atoms with van der Waals surface area (Å²) >= 11 is 0. The minimum absolute atomic E-state index is 0.494. The molecule has 0 N–H and O–H groups in total. The van der Waals surface area contributed by atoms with Crippen LogP contribution in [0.1, 0.15) is 20.8 Å². The van der Waals surface area contributed by atoms with Crippen LogP contribution in [0.2, 0.25) is 0 Å². The van der Waals surface area contributed by atoms with Gasteiger partial charge in [0.05, 0.1) is 0 Å². The van der Waals surface area contributed by atoms with Gasteiger partial charge < -0.3 is 0 Å². The zero-order chi connectivity index (χ0) is 9.07. The van der Waals surface area contributed by atoms with Gasteiger partial charge in [0.2, 0.25) is 0 Å². The van der Waals surface area contributed by atoms with Gasteiger partial charge in [0, 0.05) is 5.71 Å². The smallest absolute Gasteiger partial charge is 0.165 e. The Kier molecular flexibility index (Phi) is 3.22. The first kappa shape index (κ1) is 10.1. The Morgan fingerprint density at radius 1 is 1.00 bits per heavy atom. The van der Waals surface area contributed by atoms with E-state index in [4.69, 9.17) is 0 Å². The Morgan fingerprint density at radius 2 is 1.45 bits per heavy atom. The molecular formula is C6H9F3N2. The quantitative estimate of drug-likeness (QED) is 0.422. The molecule has 2 nitrogen and oxygen atoms in total. The van der Waals surface area contributed by atoms with Crippen molar-refractivity contribution in [3.8, 4) is 0 Å². The van der Waals surface area contributed by atoms with E-state index < -0.39 is 11.9 Å². The summed E-state index contributed by atoms with van der Waals surface area (Å²) in [4.78, 5) is 0. The second kappa shape index (κ2) is 3.50. The molecule has 0 fully saturated rings. The number of hydrogen-bond donors (Lipinski definition) is 0. The second-order valence-corrected chi connectivity index (χ2v) is 2.23. The summed E-state index contributed by atoms with van der Waals surface area (Å²) in [6.45, 7) is 4.03. The molecule has 0 saturated heterocycles. The van der Waals surface area contributed by atoms with Crippen LogP contribution in [0, 0.1) is 0 Å². The molecule has 64 valence electrons. The van der Waals surface area contributed by atoms with Gasteiger partial charge in [0.15, 0.2) is 0 Å². The number of halogens is 3. The van der Waals surface area contributed by atoms with E-state index in [1.54, 1.807) is 13.8 Å². The predicted octanol–water partition coefficient (Wildman–Crippen LogP) is 2.41. The van der Waals surface area contributed by atoms with Crippen LogP contribution in [0.5, 0.6) is 0 Å².